The van der Waals surface area contributed by atoms with Gasteiger partial charge in [-0.1, -0.05) is 0 Å². The van der Waals surface area contributed by atoms with E-state index < -0.39 is 0 Å². The fraction of sp³-hybridized carbons (Fsp3) is 0.250. The monoisotopic (exact) mass is 193 g/mol. The molecule has 6 heteroatoms. The van der Waals surface area contributed by atoms with E-state index in [-0.39, 0.29) is 6.17 Å². The Morgan fingerprint density at radius 3 is 3.14 bits per heavy atom. The zero-order valence-corrected chi connectivity index (χ0v) is 7.71. The molecule has 0 fully saturated rings. The lowest BCUT2D eigenvalue weighted by atomic mass is 10.5. The molecule has 1 atom stereocenters. The highest BCUT2D eigenvalue weighted by Crippen LogP contribution is 2.13. The zero-order valence-electron chi connectivity index (χ0n) is 7.71. The molecule has 0 radical (unpaired) electrons. The van der Waals surface area contributed by atoms with Crippen LogP contribution in [0.3, 0.4) is 0 Å². The maximum atomic E-state index is 5.62. The van der Waals surface area contributed by atoms with Crippen LogP contribution in [0.4, 0.5) is 5.82 Å². The van der Waals surface area contributed by atoms with Gasteiger partial charge in [-0.05, 0) is 6.08 Å². The lowest BCUT2D eigenvalue weighted by Gasteiger charge is -2.16. The highest BCUT2D eigenvalue weighted by Gasteiger charge is 2.13. The molecule has 0 amide bonds. The van der Waals surface area contributed by atoms with Crippen LogP contribution in [0.2, 0.25) is 0 Å². The Kier molecular flexibility index (Phi) is 2.30. The van der Waals surface area contributed by atoms with Gasteiger partial charge in [0, 0.05) is 18.5 Å². The highest BCUT2D eigenvalue weighted by atomic mass is 16.5. The molecule has 2 heterocycles. The molecule has 0 bridgehead atoms. The quantitative estimate of drug-likeness (QED) is 0.666. The Balaban J connectivity index is 2.20. The van der Waals surface area contributed by atoms with Crippen molar-refractivity contribution in [2.75, 3.05) is 12.1 Å². The summed E-state index contributed by atoms with van der Waals surface area (Å²) in [5, 5.41) is 1.72. The van der Waals surface area contributed by atoms with Gasteiger partial charge in [-0.2, -0.15) is 4.98 Å². The van der Waals surface area contributed by atoms with Gasteiger partial charge >= 0.3 is 6.01 Å². The standard InChI is InChI=1S/C8H11N5O/c1-14-8-10-4-2-7(11-8)13-5-3-6(9)12-13/h2-6,12H,9H2,1H3. The topological polar surface area (TPSA) is 76.3 Å². The number of nitrogens with zero attached hydrogens (tertiary/aromatic N) is 3. The van der Waals surface area contributed by atoms with Gasteiger partial charge in [0.15, 0.2) is 5.82 Å². The van der Waals surface area contributed by atoms with Crippen LogP contribution < -0.4 is 20.9 Å². The molecule has 2 rings (SSSR count). The van der Waals surface area contributed by atoms with Crippen molar-refractivity contribution in [1.29, 1.82) is 0 Å². The van der Waals surface area contributed by atoms with E-state index in [1.807, 2.05) is 12.3 Å². The molecular formula is C8H11N5O. The first kappa shape index (κ1) is 8.92. The number of hydrogen-bond donors (Lipinski definition) is 2. The number of hydrogen-bond acceptors (Lipinski definition) is 6. The Morgan fingerprint density at radius 1 is 1.64 bits per heavy atom. The van der Waals surface area contributed by atoms with Crippen LogP contribution >= 0.6 is 0 Å². The summed E-state index contributed by atoms with van der Waals surface area (Å²) in [6.45, 7) is 0. The fourth-order valence-corrected chi connectivity index (χ4v) is 1.13. The average molecular weight is 193 g/mol. The second kappa shape index (κ2) is 3.60. The van der Waals surface area contributed by atoms with Crippen LogP contribution in [-0.2, 0) is 0 Å². The van der Waals surface area contributed by atoms with E-state index in [0.29, 0.717) is 11.8 Å². The van der Waals surface area contributed by atoms with Gasteiger partial charge < -0.3 is 10.5 Å². The summed E-state index contributed by atoms with van der Waals surface area (Å²) < 4.78 is 4.91. The van der Waals surface area contributed by atoms with Gasteiger partial charge in [-0.25, -0.2) is 10.4 Å². The number of anilines is 1. The first-order chi connectivity index (χ1) is 6.79. The minimum absolute atomic E-state index is 0.170. The fourth-order valence-electron chi connectivity index (χ4n) is 1.13. The molecule has 1 aromatic rings. The smallest absolute Gasteiger partial charge is 0.318 e. The third kappa shape index (κ3) is 1.66. The first-order valence-electron chi connectivity index (χ1n) is 4.16. The van der Waals surface area contributed by atoms with Crippen LogP contribution in [0, 0.1) is 0 Å². The van der Waals surface area contributed by atoms with Gasteiger partial charge in [0.25, 0.3) is 0 Å². The first-order valence-corrected chi connectivity index (χ1v) is 4.16. The molecule has 0 saturated heterocycles. The number of nitrogens with two attached hydrogens (primary N) is 1. The summed E-state index contributed by atoms with van der Waals surface area (Å²) in [5.41, 5.74) is 8.59. The van der Waals surface area contributed by atoms with Crippen LogP contribution in [0.5, 0.6) is 6.01 Å². The highest BCUT2D eigenvalue weighted by molar-refractivity contribution is 5.42. The third-order valence-corrected chi connectivity index (χ3v) is 1.78. The summed E-state index contributed by atoms with van der Waals surface area (Å²) in [6, 6.07) is 2.09. The van der Waals surface area contributed by atoms with Crippen LogP contribution in [0.1, 0.15) is 0 Å². The van der Waals surface area contributed by atoms with E-state index in [1.165, 1.54) is 7.11 Å². The van der Waals surface area contributed by atoms with Crippen LogP contribution in [0.25, 0.3) is 0 Å². The Bertz CT molecular complexity index is 353. The summed E-state index contributed by atoms with van der Waals surface area (Å²) in [5.74, 6) is 0.695. The molecule has 0 spiro atoms. The van der Waals surface area contributed by atoms with E-state index in [4.69, 9.17) is 10.5 Å². The molecule has 0 saturated carbocycles. The summed E-state index contributed by atoms with van der Waals surface area (Å²) in [6.07, 6.45) is 5.10. The van der Waals surface area contributed by atoms with Crippen LogP contribution in [0.15, 0.2) is 24.5 Å². The molecule has 0 aromatic carbocycles. The molecule has 6 nitrogen and oxygen atoms in total. The normalized spacial score (nSPS) is 20.1. The molecule has 14 heavy (non-hydrogen) atoms. The second-order valence-electron chi connectivity index (χ2n) is 2.77. The van der Waals surface area contributed by atoms with Crippen molar-refractivity contribution in [2.45, 2.75) is 6.17 Å². The molecule has 1 aliphatic heterocycles. The molecule has 3 N–H and O–H groups in total. The SMILES string of the molecule is COc1nccc(N2C=CC(N)N2)n1. The predicted octanol–water partition coefficient (Wildman–Crippen LogP) is -0.392. The van der Waals surface area contributed by atoms with E-state index in [0.717, 1.165) is 0 Å². The van der Waals surface area contributed by atoms with Crippen molar-refractivity contribution in [1.82, 2.24) is 15.4 Å². The minimum atomic E-state index is -0.170. The molecule has 1 unspecified atom stereocenters. The molecule has 0 aliphatic carbocycles. The molecule has 1 aromatic heterocycles. The number of hydrazine groups is 1. The number of nitrogens with one attached hydrogen (secondary N) is 1. The maximum Gasteiger partial charge on any atom is 0.318 e. The van der Waals surface area contributed by atoms with Crippen molar-refractivity contribution in [3.05, 3.63) is 24.5 Å². The van der Waals surface area contributed by atoms with Gasteiger partial charge in [0.1, 0.15) is 0 Å². The Labute approximate surface area is 81.4 Å². The Hall–Kier alpha value is -1.66. The largest absolute Gasteiger partial charge is 0.467 e. The van der Waals surface area contributed by atoms with Gasteiger partial charge in [-0.15, -0.1) is 0 Å². The van der Waals surface area contributed by atoms with E-state index >= 15 is 0 Å². The Morgan fingerprint density at radius 2 is 2.50 bits per heavy atom. The van der Waals surface area contributed by atoms with Gasteiger partial charge in [-0.3, -0.25) is 5.01 Å². The van der Waals surface area contributed by atoms with E-state index in [9.17, 15) is 0 Å². The predicted molar refractivity (Wildman–Crippen MR) is 51.3 cm³/mol. The number of rotatable bonds is 2. The van der Waals surface area contributed by atoms with Crippen LogP contribution in [-0.4, -0.2) is 23.2 Å². The van der Waals surface area contributed by atoms with E-state index in [1.54, 1.807) is 17.3 Å². The number of aromatic nitrogens is 2. The lowest BCUT2D eigenvalue weighted by molar-refractivity contribution is 0.379. The van der Waals surface area contributed by atoms with Crippen molar-refractivity contribution in [3.8, 4) is 6.01 Å². The van der Waals surface area contributed by atoms with Gasteiger partial charge in [0.05, 0.1) is 13.3 Å². The van der Waals surface area contributed by atoms with Crippen molar-refractivity contribution >= 4 is 5.82 Å². The lowest BCUT2D eigenvalue weighted by Crippen LogP contribution is -2.40. The van der Waals surface area contributed by atoms with Gasteiger partial charge in [0.2, 0.25) is 0 Å². The summed E-state index contributed by atoms with van der Waals surface area (Å²) >= 11 is 0. The zero-order chi connectivity index (χ0) is 9.97. The van der Waals surface area contributed by atoms with Crippen molar-refractivity contribution in [3.63, 3.8) is 0 Å². The molecule has 1 aliphatic rings. The third-order valence-electron chi connectivity index (χ3n) is 1.78. The number of methoxy groups -OCH3 is 1. The van der Waals surface area contributed by atoms with E-state index in [2.05, 4.69) is 15.4 Å². The number of ether oxygens (including phenoxy) is 1. The molecular weight excluding hydrogens is 182 g/mol. The van der Waals surface area contributed by atoms with Crippen molar-refractivity contribution in [2.24, 2.45) is 5.73 Å². The second-order valence-corrected chi connectivity index (χ2v) is 2.77. The maximum absolute atomic E-state index is 5.62. The minimum Gasteiger partial charge on any atom is -0.467 e. The summed E-state index contributed by atoms with van der Waals surface area (Å²) in [7, 11) is 1.53. The summed E-state index contributed by atoms with van der Waals surface area (Å²) in [4.78, 5) is 8.04. The molecule has 74 valence electrons. The van der Waals surface area contributed by atoms with Crippen molar-refractivity contribution < 1.29 is 4.74 Å². The average Bonchev–Trinajstić information content (AvgIpc) is 2.65.